The molecule has 0 radical (unpaired) electrons. The number of hydrogen-bond donors (Lipinski definition) is 3. The van der Waals surface area contributed by atoms with Gasteiger partial charge in [0.15, 0.2) is 0 Å². The first kappa shape index (κ1) is 23.9. The number of aromatic nitrogens is 3. The first-order chi connectivity index (χ1) is 15.8. The molecule has 0 atom stereocenters. The topological polar surface area (TPSA) is 111 Å². The summed E-state index contributed by atoms with van der Waals surface area (Å²) in [6.07, 6.45) is 3.91. The predicted molar refractivity (Wildman–Crippen MR) is 120 cm³/mol. The van der Waals surface area contributed by atoms with Crippen molar-refractivity contribution in [1.82, 2.24) is 19.8 Å². The number of halogens is 2. The van der Waals surface area contributed by atoms with E-state index in [9.17, 15) is 28.3 Å². The number of aromatic hydroxyl groups is 1. The van der Waals surface area contributed by atoms with Crippen molar-refractivity contribution in [1.29, 1.82) is 0 Å². The number of carbonyl (C=O) groups is 2. The summed E-state index contributed by atoms with van der Waals surface area (Å²) < 4.78 is 29.7. The number of alkyl halides is 2. The third kappa shape index (κ3) is 4.69. The summed E-state index contributed by atoms with van der Waals surface area (Å²) in [4.78, 5) is 39.5. The maximum absolute atomic E-state index is 13.5. The molecule has 4 rings (SSSR count). The van der Waals surface area contributed by atoms with E-state index >= 15 is 0 Å². The Morgan fingerprint density at radius 3 is 2.56 bits per heavy atom. The largest absolute Gasteiger partial charge is 0.477 e. The lowest BCUT2D eigenvalue weighted by atomic mass is 9.96. The summed E-state index contributed by atoms with van der Waals surface area (Å²) in [6, 6.07) is -0.00378. The Kier molecular flexibility index (Phi) is 5.77. The number of aryl methyl sites for hydroxylation is 1. The number of fused-ring (bicyclic) bond motifs is 1. The minimum Gasteiger partial charge on any atom is -0.477 e. The zero-order valence-corrected chi connectivity index (χ0v) is 19.7. The fourth-order valence-electron chi connectivity index (χ4n) is 4.12. The average Bonchev–Trinajstić information content (AvgIpc) is 3.35. The number of H-pyrrole nitrogens is 1. The van der Waals surface area contributed by atoms with Gasteiger partial charge in [-0.05, 0) is 31.3 Å². The van der Waals surface area contributed by atoms with Crippen LogP contribution in [0.2, 0.25) is 0 Å². The Morgan fingerprint density at radius 1 is 1.32 bits per heavy atom. The van der Waals surface area contributed by atoms with Crippen LogP contribution >= 0.6 is 0 Å². The first-order valence-corrected chi connectivity index (χ1v) is 11.3. The summed E-state index contributed by atoms with van der Waals surface area (Å²) >= 11 is 0. The van der Waals surface area contributed by atoms with Crippen molar-refractivity contribution in [2.75, 3.05) is 13.1 Å². The van der Waals surface area contributed by atoms with Crippen LogP contribution in [0.15, 0.2) is 10.9 Å². The molecule has 0 aromatic carbocycles. The van der Waals surface area contributed by atoms with Crippen molar-refractivity contribution >= 4 is 23.5 Å². The molecule has 1 aliphatic carbocycles. The van der Waals surface area contributed by atoms with Crippen LogP contribution in [-0.4, -0.2) is 56.5 Å². The van der Waals surface area contributed by atoms with Crippen LogP contribution in [0, 0.1) is 12.3 Å². The van der Waals surface area contributed by atoms with E-state index in [1.54, 1.807) is 6.92 Å². The van der Waals surface area contributed by atoms with E-state index in [-0.39, 0.29) is 42.2 Å². The fourth-order valence-corrected chi connectivity index (χ4v) is 4.12. The zero-order chi connectivity index (χ0) is 25.0. The average molecular weight is 479 g/mol. The van der Waals surface area contributed by atoms with Gasteiger partial charge < -0.3 is 15.3 Å². The number of nitrogens with zero attached hydrogens (tertiary/aromatic N) is 3. The lowest BCUT2D eigenvalue weighted by molar-refractivity contribution is -0.692. The summed E-state index contributed by atoms with van der Waals surface area (Å²) in [5, 5.41) is 16.7. The van der Waals surface area contributed by atoms with Crippen LogP contribution in [0.25, 0.3) is 11.7 Å². The molecule has 3 N–H and O–H groups in total. The second kappa shape index (κ2) is 8.21. The first-order valence-electron chi connectivity index (χ1n) is 11.3. The Hall–Kier alpha value is -3.24. The van der Waals surface area contributed by atoms with Gasteiger partial charge >= 0.3 is 17.1 Å². The molecule has 2 aromatic heterocycles. The second-order valence-corrected chi connectivity index (χ2v) is 10.4. The van der Waals surface area contributed by atoms with Gasteiger partial charge in [0.2, 0.25) is 11.5 Å². The molecule has 1 aliphatic heterocycles. The Bertz CT molecular complexity index is 1250. The third-order valence-electron chi connectivity index (χ3n) is 5.93. The third-order valence-corrected chi connectivity index (χ3v) is 5.93. The number of amides is 2. The van der Waals surface area contributed by atoms with Crippen LogP contribution < -0.4 is 15.4 Å². The molecule has 2 aliphatic rings. The lowest BCUT2D eigenvalue weighted by Gasteiger charge is -2.18. The van der Waals surface area contributed by atoms with E-state index in [4.69, 9.17) is 0 Å². The molecule has 2 fully saturated rings. The summed E-state index contributed by atoms with van der Waals surface area (Å²) in [5.41, 5.74) is -0.202. The monoisotopic (exact) mass is 478 g/mol. The number of likely N-dealkylation sites (tertiary alicyclic amines) is 1. The van der Waals surface area contributed by atoms with Crippen LogP contribution in [0.3, 0.4) is 0 Å². The summed E-state index contributed by atoms with van der Waals surface area (Å²) in [5.74, 6) is -4.56. The molecule has 2 aromatic rings. The van der Waals surface area contributed by atoms with Gasteiger partial charge in [-0.3, -0.25) is 9.59 Å². The molecule has 9 nitrogen and oxygen atoms in total. The van der Waals surface area contributed by atoms with Crippen LogP contribution in [-0.2, 0) is 11.3 Å². The minimum atomic E-state index is -2.90. The maximum Gasteiger partial charge on any atom is 0.378 e. The Morgan fingerprint density at radius 2 is 2.00 bits per heavy atom. The Balaban J connectivity index is 1.82. The van der Waals surface area contributed by atoms with Crippen LogP contribution in [0.4, 0.5) is 8.78 Å². The molecule has 184 valence electrons. The number of carbonyl (C=O) groups excluding carboxylic acids is 2. The molecule has 34 heavy (non-hydrogen) atoms. The van der Waals surface area contributed by atoms with Crippen molar-refractivity contribution < 1.29 is 28.0 Å². The van der Waals surface area contributed by atoms with Crippen molar-refractivity contribution in [3.8, 4) is 5.88 Å². The summed E-state index contributed by atoms with van der Waals surface area (Å²) in [6.45, 7) is 7.10. The van der Waals surface area contributed by atoms with Gasteiger partial charge in [-0.15, -0.1) is 0 Å². The summed E-state index contributed by atoms with van der Waals surface area (Å²) in [7, 11) is 0. The molecule has 0 spiro atoms. The molecule has 0 unspecified atom stereocenters. The van der Waals surface area contributed by atoms with E-state index in [1.165, 1.54) is 21.2 Å². The molecule has 2 amide bonds. The van der Waals surface area contributed by atoms with Crippen LogP contribution in [0.5, 0.6) is 5.88 Å². The van der Waals surface area contributed by atoms with Gasteiger partial charge in [0.25, 0.3) is 11.8 Å². The smallest absolute Gasteiger partial charge is 0.378 e. The van der Waals surface area contributed by atoms with E-state index in [0.29, 0.717) is 11.3 Å². The number of rotatable bonds is 5. The van der Waals surface area contributed by atoms with E-state index < -0.39 is 35.7 Å². The highest BCUT2D eigenvalue weighted by atomic mass is 19.3. The van der Waals surface area contributed by atoms with Gasteiger partial charge in [-0.1, -0.05) is 25.3 Å². The number of nitrogens with one attached hydrogen (secondary N) is 2. The van der Waals surface area contributed by atoms with Gasteiger partial charge in [0, 0.05) is 25.1 Å². The van der Waals surface area contributed by atoms with Crippen molar-refractivity contribution in [2.45, 2.75) is 65.5 Å². The van der Waals surface area contributed by atoms with Gasteiger partial charge in [0.05, 0.1) is 24.3 Å². The lowest BCUT2D eigenvalue weighted by Crippen LogP contribution is -2.47. The highest BCUT2D eigenvalue weighted by Gasteiger charge is 2.40. The predicted octanol–water partition coefficient (Wildman–Crippen LogP) is 1.75. The molecule has 3 heterocycles. The highest BCUT2D eigenvalue weighted by Crippen LogP contribution is 2.27. The normalized spacial score (nSPS) is 18.2. The molecule has 1 saturated heterocycles. The zero-order valence-electron chi connectivity index (χ0n) is 19.7. The standard InChI is InChI=1S/C23H29F2N5O4/c1-13-15(7-8-16(31)28-10-9-23(24,25)12-28)19-29(11-22(2,3)4)20(33)17(21(34)30(19)27-13)18(32)26-14-5-6-14/h7-8,14H,5-6,9-12H2,1-4H3,(H2,26,32,33,34)/p+1/b8-7+. The Labute approximate surface area is 195 Å². The van der Waals surface area contributed by atoms with Crippen molar-refractivity contribution in [2.24, 2.45) is 5.41 Å². The van der Waals surface area contributed by atoms with Gasteiger partial charge in [-0.2, -0.15) is 4.57 Å². The van der Waals surface area contributed by atoms with Gasteiger partial charge in [-0.25, -0.2) is 18.7 Å². The molecular formula is C23H30F2N5O4+. The second-order valence-electron chi connectivity index (χ2n) is 10.4. The van der Waals surface area contributed by atoms with E-state index in [1.807, 2.05) is 20.8 Å². The molecule has 0 bridgehead atoms. The van der Waals surface area contributed by atoms with E-state index in [2.05, 4.69) is 10.4 Å². The molecule has 1 saturated carbocycles. The number of aromatic amines is 1. The van der Waals surface area contributed by atoms with Gasteiger partial charge in [0.1, 0.15) is 0 Å². The molecule has 11 heteroatoms. The van der Waals surface area contributed by atoms with Crippen molar-refractivity contribution in [3.63, 3.8) is 0 Å². The van der Waals surface area contributed by atoms with Crippen molar-refractivity contribution in [3.05, 3.63) is 33.3 Å². The molecular weight excluding hydrogens is 448 g/mol. The highest BCUT2D eigenvalue weighted by molar-refractivity contribution is 5.96. The quantitative estimate of drug-likeness (QED) is 0.449. The van der Waals surface area contributed by atoms with E-state index in [0.717, 1.165) is 17.7 Å². The minimum absolute atomic E-state index is 0.00378. The van der Waals surface area contributed by atoms with Crippen LogP contribution in [0.1, 0.15) is 61.6 Å². The SMILES string of the molecule is Cc1[nH]n2c(=O)c(C(=O)NC3CC3)c(O)[n+](CC(C)(C)C)c2c1/C=C/C(=O)N1CCC(F)(F)C1. The fraction of sp³-hybridized carbons (Fsp3) is 0.565. The number of hydrogen-bond acceptors (Lipinski definition) is 4. The maximum atomic E-state index is 13.5.